The van der Waals surface area contributed by atoms with E-state index in [1.165, 1.54) is 10.6 Å². The third-order valence-electron chi connectivity index (χ3n) is 4.72. The molecule has 21 heavy (non-hydrogen) atoms. The van der Waals surface area contributed by atoms with Crippen molar-refractivity contribution in [2.45, 2.75) is 51.7 Å². The first kappa shape index (κ1) is 15.4. The Hall–Kier alpha value is -0.490. The Labute approximate surface area is 131 Å². The van der Waals surface area contributed by atoms with E-state index in [0.717, 1.165) is 50.6 Å². The summed E-state index contributed by atoms with van der Waals surface area (Å²) in [6.07, 6.45) is 3.26. The van der Waals surface area contributed by atoms with Gasteiger partial charge in [0, 0.05) is 30.6 Å². The molecule has 0 radical (unpaired) electrons. The summed E-state index contributed by atoms with van der Waals surface area (Å²) in [6.45, 7) is 9.87. The Morgan fingerprint density at radius 3 is 2.90 bits per heavy atom. The average Bonchev–Trinajstić information content (AvgIpc) is 3.03. The second-order valence-electron chi connectivity index (χ2n) is 6.30. The SMILES string of the molecule is CCNC(c1sc(C)nc1C)C1CCOC2(CCOC2)C1. The fourth-order valence-corrected chi connectivity index (χ4v) is 4.84. The first-order chi connectivity index (χ1) is 10.1. The highest BCUT2D eigenvalue weighted by Crippen LogP contribution is 2.42. The largest absolute Gasteiger partial charge is 0.378 e. The van der Waals surface area contributed by atoms with Crippen molar-refractivity contribution in [3.05, 3.63) is 15.6 Å². The molecule has 2 fully saturated rings. The standard InChI is InChI=1S/C16H26N2O2S/c1-4-17-14(15-11(2)18-12(3)21-15)13-5-7-20-16(9-13)6-8-19-10-16/h13-14,17H,4-10H2,1-3H3. The van der Waals surface area contributed by atoms with Gasteiger partial charge in [0.2, 0.25) is 0 Å². The Morgan fingerprint density at radius 1 is 1.43 bits per heavy atom. The number of aromatic nitrogens is 1. The minimum atomic E-state index is -0.0236. The molecule has 3 heterocycles. The smallest absolute Gasteiger partial charge is 0.0940 e. The zero-order valence-electron chi connectivity index (χ0n) is 13.3. The summed E-state index contributed by atoms with van der Waals surface area (Å²) in [6, 6.07) is 0.405. The first-order valence-electron chi connectivity index (χ1n) is 8.02. The second kappa shape index (κ2) is 6.32. The number of aryl methyl sites for hydroxylation is 2. The molecule has 0 aliphatic carbocycles. The van der Waals surface area contributed by atoms with Crippen LogP contribution in [0.25, 0.3) is 0 Å². The van der Waals surface area contributed by atoms with Crippen LogP contribution in [0.3, 0.4) is 0 Å². The van der Waals surface area contributed by atoms with Gasteiger partial charge in [0.1, 0.15) is 0 Å². The summed E-state index contributed by atoms with van der Waals surface area (Å²) in [5, 5.41) is 4.87. The predicted octanol–water partition coefficient (Wildman–Crippen LogP) is 3.00. The lowest BCUT2D eigenvalue weighted by molar-refractivity contribution is -0.103. The van der Waals surface area contributed by atoms with Crippen LogP contribution < -0.4 is 5.32 Å². The van der Waals surface area contributed by atoms with Gasteiger partial charge in [-0.05, 0) is 39.2 Å². The van der Waals surface area contributed by atoms with Crippen LogP contribution in [0.1, 0.15) is 47.8 Å². The van der Waals surface area contributed by atoms with Crippen molar-refractivity contribution in [2.75, 3.05) is 26.4 Å². The molecule has 0 aromatic carbocycles. The third kappa shape index (κ3) is 3.16. The Bertz CT molecular complexity index is 483. The van der Waals surface area contributed by atoms with Crippen LogP contribution in [-0.2, 0) is 9.47 Å². The third-order valence-corrected chi connectivity index (χ3v) is 5.87. The number of hydrogen-bond acceptors (Lipinski definition) is 5. The van der Waals surface area contributed by atoms with E-state index in [-0.39, 0.29) is 5.60 Å². The number of nitrogens with zero attached hydrogens (tertiary/aromatic N) is 1. The first-order valence-corrected chi connectivity index (χ1v) is 8.84. The molecule has 3 unspecified atom stereocenters. The molecular weight excluding hydrogens is 284 g/mol. The van der Waals surface area contributed by atoms with Gasteiger partial charge in [0.15, 0.2) is 0 Å². The van der Waals surface area contributed by atoms with Crippen molar-refractivity contribution in [1.29, 1.82) is 0 Å². The zero-order valence-corrected chi connectivity index (χ0v) is 14.1. The van der Waals surface area contributed by atoms with Gasteiger partial charge < -0.3 is 14.8 Å². The number of ether oxygens (including phenoxy) is 2. The molecule has 0 amide bonds. The predicted molar refractivity (Wildman–Crippen MR) is 84.8 cm³/mol. The maximum atomic E-state index is 6.09. The second-order valence-corrected chi connectivity index (χ2v) is 7.54. The minimum absolute atomic E-state index is 0.0236. The van der Waals surface area contributed by atoms with Gasteiger partial charge in [0.05, 0.1) is 22.9 Å². The van der Waals surface area contributed by atoms with Crippen molar-refractivity contribution < 1.29 is 9.47 Å². The summed E-state index contributed by atoms with van der Waals surface area (Å²) in [5.41, 5.74) is 1.16. The van der Waals surface area contributed by atoms with E-state index in [1.54, 1.807) is 0 Å². The summed E-state index contributed by atoms with van der Waals surface area (Å²) >= 11 is 1.84. The van der Waals surface area contributed by atoms with Crippen molar-refractivity contribution >= 4 is 11.3 Å². The molecule has 1 spiro atoms. The minimum Gasteiger partial charge on any atom is -0.378 e. The molecule has 2 saturated heterocycles. The molecule has 2 aliphatic rings. The maximum absolute atomic E-state index is 6.09. The highest BCUT2D eigenvalue weighted by atomic mass is 32.1. The van der Waals surface area contributed by atoms with E-state index in [2.05, 4.69) is 31.1 Å². The van der Waals surface area contributed by atoms with E-state index in [0.29, 0.717) is 12.0 Å². The summed E-state index contributed by atoms with van der Waals surface area (Å²) in [7, 11) is 0. The normalized spacial score (nSPS) is 30.9. The molecule has 3 atom stereocenters. The van der Waals surface area contributed by atoms with E-state index in [9.17, 15) is 0 Å². The van der Waals surface area contributed by atoms with Gasteiger partial charge >= 0.3 is 0 Å². The summed E-state index contributed by atoms with van der Waals surface area (Å²) in [5.74, 6) is 0.610. The topological polar surface area (TPSA) is 43.4 Å². The van der Waals surface area contributed by atoms with Crippen molar-refractivity contribution in [2.24, 2.45) is 5.92 Å². The molecule has 1 N–H and O–H groups in total. The lowest BCUT2D eigenvalue weighted by Gasteiger charge is -2.40. The van der Waals surface area contributed by atoms with Crippen LogP contribution in [0.2, 0.25) is 0 Å². The quantitative estimate of drug-likeness (QED) is 0.928. The van der Waals surface area contributed by atoms with Gasteiger partial charge in [0.25, 0.3) is 0 Å². The molecule has 1 aromatic rings. The lowest BCUT2D eigenvalue weighted by Crippen LogP contribution is -2.44. The van der Waals surface area contributed by atoms with Crippen molar-refractivity contribution in [1.82, 2.24) is 10.3 Å². The van der Waals surface area contributed by atoms with Gasteiger partial charge in [-0.2, -0.15) is 0 Å². The van der Waals surface area contributed by atoms with E-state index < -0.39 is 0 Å². The Balaban J connectivity index is 1.81. The molecular formula is C16H26N2O2S. The van der Waals surface area contributed by atoms with Crippen LogP contribution >= 0.6 is 11.3 Å². The fourth-order valence-electron chi connectivity index (χ4n) is 3.74. The van der Waals surface area contributed by atoms with E-state index in [1.807, 2.05) is 11.3 Å². The lowest BCUT2D eigenvalue weighted by atomic mass is 9.80. The molecule has 2 aliphatic heterocycles. The van der Waals surface area contributed by atoms with Crippen molar-refractivity contribution in [3.8, 4) is 0 Å². The van der Waals surface area contributed by atoms with E-state index >= 15 is 0 Å². The Kier molecular flexibility index (Phi) is 4.64. The Morgan fingerprint density at radius 2 is 2.29 bits per heavy atom. The number of hydrogen-bond donors (Lipinski definition) is 1. The molecule has 0 bridgehead atoms. The van der Waals surface area contributed by atoms with Crippen molar-refractivity contribution in [3.63, 3.8) is 0 Å². The molecule has 3 rings (SSSR count). The maximum Gasteiger partial charge on any atom is 0.0940 e. The highest BCUT2D eigenvalue weighted by Gasteiger charge is 2.43. The van der Waals surface area contributed by atoms with Crippen LogP contribution in [0.4, 0.5) is 0 Å². The van der Waals surface area contributed by atoms with Crippen LogP contribution in [-0.4, -0.2) is 37.0 Å². The summed E-state index contributed by atoms with van der Waals surface area (Å²) in [4.78, 5) is 6.03. The zero-order chi connectivity index (χ0) is 14.9. The highest BCUT2D eigenvalue weighted by molar-refractivity contribution is 7.11. The summed E-state index contributed by atoms with van der Waals surface area (Å²) < 4.78 is 11.7. The van der Waals surface area contributed by atoms with E-state index in [4.69, 9.17) is 9.47 Å². The molecule has 118 valence electrons. The van der Waals surface area contributed by atoms with Gasteiger partial charge in [-0.25, -0.2) is 4.98 Å². The molecule has 4 nitrogen and oxygen atoms in total. The van der Waals surface area contributed by atoms with Crippen LogP contribution in [0.15, 0.2) is 0 Å². The molecule has 5 heteroatoms. The van der Waals surface area contributed by atoms with Crippen LogP contribution in [0, 0.1) is 19.8 Å². The molecule has 0 saturated carbocycles. The average molecular weight is 310 g/mol. The van der Waals surface area contributed by atoms with Gasteiger partial charge in [-0.1, -0.05) is 6.92 Å². The number of rotatable bonds is 4. The molecule has 1 aromatic heterocycles. The number of thiazole rings is 1. The van der Waals surface area contributed by atoms with Gasteiger partial charge in [-0.3, -0.25) is 0 Å². The van der Waals surface area contributed by atoms with Gasteiger partial charge in [-0.15, -0.1) is 11.3 Å². The number of nitrogens with one attached hydrogen (secondary N) is 1. The monoisotopic (exact) mass is 310 g/mol. The fraction of sp³-hybridized carbons (Fsp3) is 0.812. The van der Waals surface area contributed by atoms with Crippen LogP contribution in [0.5, 0.6) is 0 Å².